The third-order valence-corrected chi connectivity index (χ3v) is 6.17. The van der Waals surface area contributed by atoms with E-state index in [4.69, 9.17) is 21.3 Å². The molecule has 0 radical (unpaired) electrons. The molecular formula is C20H22ClN3O2S. The van der Waals surface area contributed by atoms with Crippen molar-refractivity contribution in [2.45, 2.75) is 32.4 Å². The van der Waals surface area contributed by atoms with Gasteiger partial charge in [0.1, 0.15) is 10.7 Å². The maximum absolute atomic E-state index is 12.8. The van der Waals surface area contributed by atoms with E-state index in [2.05, 4.69) is 9.88 Å². The number of halogens is 1. The number of likely N-dealkylation sites (tertiary alicyclic amines) is 1. The largest absolute Gasteiger partial charge is 0.378 e. The van der Waals surface area contributed by atoms with Gasteiger partial charge in [0.2, 0.25) is 0 Å². The van der Waals surface area contributed by atoms with Crippen LogP contribution in [0.1, 0.15) is 25.6 Å². The first-order chi connectivity index (χ1) is 13.2. The van der Waals surface area contributed by atoms with Crippen molar-refractivity contribution in [3.8, 4) is 11.1 Å². The summed E-state index contributed by atoms with van der Waals surface area (Å²) in [5, 5.41) is 3.22. The number of rotatable bonds is 5. The molecule has 0 atom stereocenters. The second-order valence-corrected chi connectivity index (χ2v) is 8.02. The lowest BCUT2D eigenvalue weighted by Crippen LogP contribution is -2.37. The summed E-state index contributed by atoms with van der Waals surface area (Å²) >= 11 is 7.80. The van der Waals surface area contributed by atoms with Crippen LogP contribution < -0.4 is 5.56 Å². The van der Waals surface area contributed by atoms with Gasteiger partial charge in [-0.25, -0.2) is 4.98 Å². The van der Waals surface area contributed by atoms with Gasteiger partial charge in [0, 0.05) is 41.2 Å². The maximum Gasteiger partial charge on any atom is 0.260 e. The highest BCUT2D eigenvalue weighted by Gasteiger charge is 2.21. The topological polar surface area (TPSA) is 58.2 Å². The number of piperidine rings is 1. The quantitative estimate of drug-likeness (QED) is 0.689. The van der Waals surface area contributed by atoms with E-state index in [1.165, 1.54) is 11.3 Å². The summed E-state index contributed by atoms with van der Waals surface area (Å²) in [5.74, 6) is 0.718. The van der Waals surface area contributed by atoms with Crippen LogP contribution in [0.5, 0.6) is 0 Å². The van der Waals surface area contributed by atoms with Gasteiger partial charge in [0.05, 0.1) is 18.0 Å². The van der Waals surface area contributed by atoms with E-state index < -0.39 is 0 Å². The molecule has 7 heteroatoms. The summed E-state index contributed by atoms with van der Waals surface area (Å²) in [6.07, 6.45) is 2.41. The van der Waals surface area contributed by atoms with Crippen molar-refractivity contribution in [3.05, 3.63) is 50.8 Å². The zero-order valence-corrected chi connectivity index (χ0v) is 16.8. The number of nitrogens with zero attached hydrogens (tertiary/aromatic N) is 2. The van der Waals surface area contributed by atoms with Crippen LogP contribution >= 0.6 is 22.9 Å². The van der Waals surface area contributed by atoms with Crippen LogP contribution in [0.2, 0.25) is 5.02 Å². The summed E-state index contributed by atoms with van der Waals surface area (Å²) in [4.78, 5) is 23.5. The molecule has 142 valence electrons. The van der Waals surface area contributed by atoms with Crippen LogP contribution in [0.4, 0.5) is 0 Å². The van der Waals surface area contributed by atoms with Crippen molar-refractivity contribution >= 4 is 33.2 Å². The molecule has 0 amide bonds. The molecule has 0 unspecified atom stereocenters. The second kappa shape index (κ2) is 8.10. The van der Waals surface area contributed by atoms with Gasteiger partial charge >= 0.3 is 0 Å². The summed E-state index contributed by atoms with van der Waals surface area (Å²) < 4.78 is 5.70. The SMILES string of the molecule is CCOC1CCN(Cc2nc3scc(-c4ccccc4Cl)c3c(=O)[nH]2)CC1. The van der Waals surface area contributed by atoms with Gasteiger partial charge < -0.3 is 9.72 Å². The molecule has 0 spiro atoms. The molecule has 3 aromatic rings. The average molecular weight is 404 g/mol. The number of hydrogen-bond acceptors (Lipinski definition) is 5. The molecule has 3 heterocycles. The molecule has 1 aliphatic rings. The monoisotopic (exact) mass is 403 g/mol. The van der Waals surface area contributed by atoms with Crippen LogP contribution in [0.3, 0.4) is 0 Å². The molecule has 4 rings (SSSR count). The van der Waals surface area contributed by atoms with Crippen molar-refractivity contribution in [3.63, 3.8) is 0 Å². The summed E-state index contributed by atoms with van der Waals surface area (Å²) in [7, 11) is 0. The van der Waals surface area contributed by atoms with Gasteiger partial charge in [0.15, 0.2) is 0 Å². The Bertz CT molecular complexity index is 992. The van der Waals surface area contributed by atoms with E-state index in [0.29, 0.717) is 23.1 Å². The number of aromatic amines is 1. The molecule has 0 saturated carbocycles. The van der Waals surface area contributed by atoms with Gasteiger partial charge in [-0.2, -0.15) is 0 Å². The fourth-order valence-electron chi connectivity index (χ4n) is 3.63. The zero-order valence-electron chi connectivity index (χ0n) is 15.2. The van der Waals surface area contributed by atoms with Crippen molar-refractivity contribution in [2.75, 3.05) is 19.7 Å². The maximum atomic E-state index is 12.8. The third-order valence-electron chi connectivity index (χ3n) is 4.97. The smallest absolute Gasteiger partial charge is 0.260 e. The molecule has 0 bridgehead atoms. The van der Waals surface area contributed by atoms with Gasteiger partial charge in [0.25, 0.3) is 5.56 Å². The Morgan fingerprint density at radius 1 is 1.30 bits per heavy atom. The number of benzene rings is 1. The van der Waals surface area contributed by atoms with Gasteiger partial charge in [-0.1, -0.05) is 29.8 Å². The highest BCUT2D eigenvalue weighted by Crippen LogP contribution is 2.34. The van der Waals surface area contributed by atoms with Crippen LogP contribution in [0.25, 0.3) is 21.3 Å². The van der Waals surface area contributed by atoms with Crippen molar-refractivity contribution in [1.29, 1.82) is 0 Å². The first kappa shape index (κ1) is 18.6. The Hall–Kier alpha value is -1.73. The minimum Gasteiger partial charge on any atom is -0.378 e. The predicted octanol–water partition coefficient (Wildman–Crippen LogP) is 4.31. The van der Waals surface area contributed by atoms with E-state index in [0.717, 1.165) is 54.3 Å². The van der Waals surface area contributed by atoms with Crippen molar-refractivity contribution in [1.82, 2.24) is 14.9 Å². The van der Waals surface area contributed by atoms with Crippen molar-refractivity contribution < 1.29 is 4.74 Å². The Kier molecular flexibility index (Phi) is 5.59. The molecule has 27 heavy (non-hydrogen) atoms. The van der Waals surface area contributed by atoms with E-state index >= 15 is 0 Å². The van der Waals surface area contributed by atoms with Crippen LogP contribution in [0.15, 0.2) is 34.4 Å². The molecule has 1 aromatic carbocycles. The molecule has 1 saturated heterocycles. The lowest BCUT2D eigenvalue weighted by molar-refractivity contribution is 0.0120. The number of thiophene rings is 1. The van der Waals surface area contributed by atoms with Gasteiger partial charge in [-0.3, -0.25) is 9.69 Å². The molecule has 0 aliphatic carbocycles. The highest BCUT2D eigenvalue weighted by molar-refractivity contribution is 7.17. The van der Waals surface area contributed by atoms with Crippen molar-refractivity contribution in [2.24, 2.45) is 0 Å². The number of ether oxygens (including phenoxy) is 1. The van der Waals surface area contributed by atoms with Gasteiger partial charge in [-0.05, 0) is 25.8 Å². The Morgan fingerprint density at radius 3 is 2.81 bits per heavy atom. The normalized spacial score (nSPS) is 16.2. The predicted molar refractivity (Wildman–Crippen MR) is 111 cm³/mol. The standard InChI is InChI=1S/C20H22ClN3O2S/c1-2-26-13-7-9-24(10-8-13)11-17-22-19(25)18-15(12-27-20(18)23-17)14-5-3-4-6-16(14)21/h3-6,12-13H,2,7-11H2,1H3,(H,22,23,25). The highest BCUT2D eigenvalue weighted by atomic mass is 35.5. The van der Waals surface area contributed by atoms with E-state index in [9.17, 15) is 4.79 Å². The Balaban J connectivity index is 1.57. The number of H-pyrrole nitrogens is 1. The zero-order chi connectivity index (χ0) is 18.8. The first-order valence-electron chi connectivity index (χ1n) is 9.25. The molecule has 5 nitrogen and oxygen atoms in total. The first-order valence-corrected chi connectivity index (χ1v) is 10.5. The number of hydrogen-bond donors (Lipinski definition) is 1. The minimum atomic E-state index is -0.102. The average Bonchev–Trinajstić information content (AvgIpc) is 3.08. The molecule has 1 N–H and O–H groups in total. The van der Waals surface area contributed by atoms with E-state index in [1.807, 2.05) is 36.6 Å². The van der Waals surface area contributed by atoms with Crippen LogP contribution in [0, 0.1) is 0 Å². The summed E-state index contributed by atoms with van der Waals surface area (Å²) in [6.45, 7) is 5.38. The number of aromatic nitrogens is 2. The third kappa shape index (κ3) is 3.94. The van der Waals surface area contributed by atoms with E-state index in [1.54, 1.807) is 0 Å². The molecular weight excluding hydrogens is 382 g/mol. The Labute approximate surface area is 167 Å². The summed E-state index contributed by atoms with van der Waals surface area (Å²) in [5.41, 5.74) is 1.61. The fraction of sp³-hybridized carbons (Fsp3) is 0.400. The lowest BCUT2D eigenvalue weighted by Gasteiger charge is -2.31. The molecule has 2 aromatic heterocycles. The van der Waals surface area contributed by atoms with E-state index in [-0.39, 0.29) is 5.56 Å². The number of fused-ring (bicyclic) bond motifs is 1. The fourth-order valence-corrected chi connectivity index (χ4v) is 4.82. The number of nitrogens with one attached hydrogen (secondary N) is 1. The summed E-state index contributed by atoms with van der Waals surface area (Å²) in [6, 6.07) is 7.57. The lowest BCUT2D eigenvalue weighted by atomic mass is 10.1. The Morgan fingerprint density at radius 2 is 2.07 bits per heavy atom. The molecule has 1 aliphatic heterocycles. The van der Waals surface area contributed by atoms with Crippen LogP contribution in [-0.2, 0) is 11.3 Å². The minimum absolute atomic E-state index is 0.102. The molecule has 1 fully saturated rings. The van der Waals surface area contributed by atoms with Gasteiger partial charge in [-0.15, -0.1) is 11.3 Å². The van der Waals surface area contributed by atoms with Crippen LogP contribution in [-0.4, -0.2) is 40.7 Å². The second-order valence-electron chi connectivity index (χ2n) is 6.75.